The van der Waals surface area contributed by atoms with Crippen LogP contribution in [0.25, 0.3) is 11.5 Å². The van der Waals surface area contributed by atoms with Crippen LogP contribution in [0.4, 0.5) is 0 Å². The number of rotatable bonds is 8. The second-order valence-corrected chi connectivity index (χ2v) is 8.92. The standard InChI is InChI=1S/C29H30N4O2/c34-28(22-26(23-10-4-1-5-11-23)24-12-6-2-7-13-24)33-20-18-32(19-21-33)17-16-27-30-31-29(35-27)25-14-8-3-9-15-25/h1-15,26H,16-22H2. The van der Waals surface area contributed by atoms with Gasteiger partial charge in [0.05, 0.1) is 0 Å². The highest BCUT2D eigenvalue weighted by Crippen LogP contribution is 2.28. The Balaban J connectivity index is 1.14. The lowest BCUT2D eigenvalue weighted by atomic mass is 9.88. The fraction of sp³-hybridized carbons (Fsp3) is 0.276. The Morgan fingerprint density at radius 3 is 1.94 bits per heavy atom. The van der Waals surface area contributed by atoms with Crippen LogP contribution in [0.15, 0.2) is 95.4 Å². The summed E-state index contributed by atoms with van der Waals surface area (Å²) >= 11 is 0. The van der Waals surface area contributed by atoms with Gasteiger partial charge in [-0.05, 0) is 23.3 Å². The largest absolute Gasteiger partial charge is 0.421 e. The molecule has 0 radical (unpaired) electrons. The third kappa shape index (κ3) is 5.84. The van der Waals surface area contributed by atoms with Gasteiger partial charge in [-0.2, -0.15) is 0 Å². The molecule has 2 heterocycles. The van der Waals surface area contributed by atoms with Gasteiger partial charge >= 0.3 is 0 Å². The monoisotopic (exact) mass is 466 g/mol. The molecule has 6 heteroatoms. The van der Waals surface area contributed by atoms with E-state index in [1.165, 1.54) is 11.1 Å². The molecule has 0 saturated carbocycles. The Kier molecular flexibility index (Phi) is 7.29. The van der Waals surface area contributed by atoms with E-state index in [0.717, 1.165) is 38.3 Å². The molecule has 1 aliphatic heterocycles. The normalized spacial score (nSPS) is 14.4. The van der Waals surface area contributed by atoms with Gasteiger partial charge in [0.2, 0.25) is 17.7 Å². The van der Waals surface area contributed by atoms with Gasteiger partial charge in [0.1, 0.15) is 0 Å². The lowest BCUT2D eigenvalue weighted by Crippen LogP contribution is -2.49. The van der Waals surface area contributed by atoms with E-state index in [1.54, 1.807) is 0 Å². The van der Waals surface area contributed by atoms with Gasteiger partial charge in [-0.15, -0.1) is 10.2 Å². The number of hydrogen-bond donors (Lipinski definition) is 0. The molecule has 0 bridgehead atoms. The van der Waals surface area contributed by atoms with Gasteiger partial charge in [0, 0.05) is 57.0 Å². The number of carbonyl (C=O) groups is 1. The SMILES string of the molecule is O=C(CC(c1ccccc1)c1ccccc1)N1CCN(CCc2nnc(-c3ccccc3)o2)CC1. The van der Waals surface area contributed by atoms with Crippen molar-refractivity contribution in [3.05, 3.63) is 108 Å². The maximum Gasteiger partial charge on any atom is 0.247 e. The summed E-state index contributed by atoms with van der Waals surface area (Å²) in [7, 11) is 0. The Morgan fingerprint density at radius 2 is 1.34 bits per heavy atom. The molecule has 0 spiro atoms. The maximum atomic E-state index is 13.3. The van der Waals surface area contributed by atoms with Crippen LogP contribution in [-0.4, -0.2) is 58.6 Å². The fourth-order valence-corrected chi connectivity index (χ4v) is 4.63. The van der Waals surface area contributed by atoms with Crippen LogP contribution in [0.2, 0.25) is 0 Å². The first-order valence-corrected chi connectivity index (χ1v) is 12.2. The van der Waals surface area contributed by atoms with Crippen molar-refractivity contribution in [2.75, 3.05) is 32.7 Å². The number of carbonyl (C=O) groups excluding carboxylic acids is 1. The van der Waals surface area contributed by atoms with Gasteiger partial charge in [0.25, 0.3) is 0 Å². The topological polar surface area (TPSA) is 62.5 Å². The molecule has 1 saturated heterocycles. The molecule has 4 aromatic rings. The quantitative estimate of drug-likeness (QED) is 0.378. The smallest absolute Gasteiger partial charge is 0.247 e. The molecule has 0 aliphatic carbocycles. The van der Waals surface area contributed by atoms with Crippen LogP contribution < -0.4 is 0 Å². The van der Waals surface area contributed by atoms with Gasteiger partial charge in [-0.1, -0.05) is 78.9 Å². The molecule has 6 nitrogen and oxygen atoms in total. The average molecular weight is 467 g/mol. The van der Waals surface area contributed by atoms with Gasteiger partial charge in [0.15, 0.2) is 0 Å². The first-order valence-electron chi connectivity index (χ1n) is 12.2. The summed E-state index contributed by atoms with van der Waals surface area (Å²) in [6.45, 7) is 4.04. The summed E-state index contributed by atoms with van der Waals surface area (Å²) in [5.74, 6) is 1.49. The van der Waals surface area contributed by atoms with Crippen molar-refractivity contribution in [2.24, 2.45) is 0 Å². The minimum absolute atomic E-state index is 0.0688. The third-order valence-electron chi connectivity index (χ3n) is 6.64. The van der Waals surface area contributed by atoms with Crippen LogP contribution in [0, 0.1) is 0 Å². The molecule has 1 amide bonds. The van der Waals surface area contributed by atoms with E-state index >= 15 is 0 Å². The van der Waals surface area contributed by atoms with E-state index in [-0.39, 0.29) is 11.8 Å². The summed E-state index contributed by atoms with van der Waals surface area (Å²) < 4.78 is 5.83. The molecular formula is C29H30N4O2. The molecule has 1 aromatic heterocycles. The van der Waals surface area contributed by atoms with Gasteiger partial charge in [-0.3, -0.25) is 9.69 Å². The second-order valence-electron chi connectivity index (χ2n) is 8.92. The number of piperazine rings is 1. The Labute approximate surface area is 206 Å². The highest BCUT2D eigenvalue weighted by atomic mass is 16.4. The van der Waals surface area contributed by atoms with Crippen LogP contribution in [0.1, 0.15) is 29.4 Å². The van der Waals surface area contributed by atoms with Crippen molar-refractivity contribution in [1.82, 2.24) is 20.0 Å². The van der Waals surface area contributed by atoms with Crippen LogP contribution in [0.5, 0.6) is 0 Å². The van der Waals surface area contributed by atoms with E-state index in [4.69, 9.17) is 4.42 Å². The highest BCUT2D eigenvalue weighted by Gasteiger charge is 2.25. The van der Waals surface area contributed by atoms with E-state index in [0.29, 0.717) is 24.6 Å². The van der Waals surface area contributed by atoms with Crippen LogP contribution in [-0.2, 0) is 11.2 Å². The average Bonchev–Trinajstić information content (AvgIpc) is 3.41. The first kappa shape index (κ1) is 23.0. The van der Waals surface area contributed by atoms with Crippen molar-refractivity contribution in [1.29, 1.82) is 0 Å². The number of benzene rings is 3. The minimum Gasteiger partial charge on any atom is -0.421 e. The number of amides is 1. The van der Waals surface area contributed by atoms with E-state index < -0.39 is 0 Å². The van der Waals surface area contributed by atoms with E-state index in [9.17, 15) is 4.79 Å². The summed E-state index contributed by atoms with van der Waals surface area (Å²) in [4.78, 5) is 17.6. The highest BCUT2D eigenvalue weighted by molar-refractivity contribution is 5.78. The summed E-state index contributed by atoms with van der Waals surface area (Å²) in [6, 6.07) is 30.5. The zero-order chi connectivity index (χ0) is 23.9. The van der Waals surface area contributed by atoms with E-state index in [1.807, 2.05) is 71.6 Å². The molecule has 0 N–H and O–H groups in total. The number of nitrogens with zero attached hydrogens (tertiary/aromatic N) is 4. The van der Waals surface area contributed by atoms with Crippen LogP contribution in [0.3, 0.4) is 0 Å². The molecule has 35 heavy (non-hydrogen) atoms. The molecule has 0 atom stereocenters. The van der Waals surface area contributed by atoms with Crippen molar-refractivity contribution in [3.8, 4) is 11.5 Å². The molecule has 5 rings (SSSR count). The molecule has 178 valence electrons. The van der Waals surface area contributed by atoms with Gasteiger partial charge in [-0.25, -0.2) is 0 Å². The third-order valence-corrected chi connectivity index (χ3v) is 6.64. The fourth-order valence-electron chi connectivity index (χ4n) is 4.63. The Morgan fingerprint density at radius 1 is 0.771 bits per heavy atom. The predicted octanol–water partition coefficient (Wildman–Crippen LogP) is 4.65. The van der Waals surface area contributed by atoms with Crippen molar-refractivity contribution < 1.29 is 9.21 Å². The Hall–Kier alpha value is -3.77. The maximum absolute atomic E-state index is 13.3. The summed E-state index contributed by atoms with van der Waals surface area (Å²) in [6.07, 6.45) is 1.19. The van der Waals surface area contributed by atoms with Crippen molar-refractivity contribution in [3.63, 3.8) is 0 Å². The second kappa shape index (κ2) is 11.1. The van der Waals surface area contributed by atoms with Crippen LogP contribution >= 0.6 is 0 Å². The zero-order valence-corrected chi connectivity index (χ0v) is 19.8. The Bertz CT molecular complexity index is 1160. The summed E-state index contributed by atoms with van der Waals surface area (Å²) in [5, 5.41) is 8.38. The molecule has 3 aromatic carbocycles. The van der Waals surface area contributed by atoms with Crippen molar-refractivity contribution >= 4 is 5.91 Å². The number of hydrogen-bond acceptors (Lipinski definition) is 5. The van der Waals surface area contributed by atoms with Gasteiger partial charge < -0.3 is 9.32 Å². The first-order chi connectivity index (χ1) is 17.3. The molecule has 1 fully saturated rings. The molecular weight excluding hydrogens is 436 g/mol. The zero-order valence-electron chi connectivity index (χ0n) is 19.8. The number of aromatic nitrogens is 2. The van der Waals surface area contributed by atoms with Crippen molar-refractivity contribution in [2.45, 2.75) is 18.8 Å². The molecule has 0 unspecified atom stereocenters. The lowest BCUT2D eigenvalue weighted by Gasteiger charge is -2.35. The van der Waals surface area contributed by atoms with E-state index in [2.05, 4.69) is 39.4 Å². The summed E-state index contributed by atoms with van der Waals surface area (Å²) in [5.41, 5.74) is 3.29. The lowest BCUT2D eigenvalue weighted by molar-refractivity contribution is -0.133. The molecule has 1 aliphatic rings. The predicted molar refractivity (Wildman–Crippen MR) is 136 cm³/mol. The minimum atomic E-state index is 0.0688.